The number of amides is 2. The summed E-state index contributed by atoms with van der Waals surface area (Å²) in [5, 5.41) is 15.2. The van der Waals surface area contributed by atoms with Crippen molar-refractivity contribution in [2.75, 3.05) is 19.8 Å². The van der Waals surface area contributed by atoms with E-state index < -0.39 is 35.6 Å². The van der Waals surface area contributed by atoms with Crippen molar-refractivity contribution < 1.29 is 33.0 Å². The van der Waals surface area contributed by atoms with Crippen LogP contribution in [0.25, 0.3) is 0 Å². The van der Waals surface area contributed by atoms with Gasteiger partial charge >= 0.3 is 0 Å². The number of nitrogens with one attached hydrogen (secondary N) is 2. The highest BCUT2D eigenvalue weighted by Gasteiger charge is 2.16. The molecule has 7 nitrogen and oxygen atoms in total. The highest BCUT2D eigenvalue weighted by molar-refractivity contribution is 6.30. The third-order valence-electron chi connectivity index (χ3n) is 4.14. The van der Waals surface area contributed by atoms with Gasteiger partial charge in [-0.1, -0.05) is 17.7 Å². The van der Waals surface area contributed by atoms with Crippen molar-refractivity contribution in [1.29, 1.82) is 0 Å². The third kappa shape index (κ3) is 8.91. The predicted octanol–water partition coefficient (Wildman–Crippen LogP) is 2.61. The number of benzene rings is 2. The molecule has 0 saturated heterocycles. The fourth-order valence-electron chi connectivity index (χ4n) is 2.52. The summed E-state index contributed by atoms with van der Waals surface area (Å²) in [6, 6.07) is 8.43. The number of hydrogen-bond acceptors (Lipinski definition) is 5. The Morgan fingerprint density at radius 2 is 1.69 bits per heavy atom. The van der Waals surface area contributed by atoms with Gasteiger partial charge in [0, 0.05) is 18.7 Å². The van der Waals surface area contributed by atoms with E-state index in [9.17, 15) is 23.5 Å². The van der Waals surface area contributed by atoms with Crippen LogP contribution in [0.4, 0.5) is 8.78 Å². The molecule has 2 aromatic rings. The molecule has 0 aliphatic heterocycles. The van der Waals surface area contributed by atoms with Crippen molar-refractivity contribution in [3.05, 3.63) is 71.8 Å². The smallest absolute Gasteiger partial charge is 0.258 e. The number of rotatable bonds is 12. The third-order valence-corrected chi connectivity index (χ3v) is 4.44. The largest absolute Gasteiger partial charge is 0.484 e. The Balaban J connectivity index is 1.67. The number of carbonyl (C=O) groups is 2. The van der Waals surface area contributed by atoms with Crippen LogP contribution in [-0.4, -0.2) is 48.8 Å². The summed E-state index contributed by atoms with van der Waals surface area (Å²) in [5.74, 6) is -1.59. The van der Waals surface area contributed by atoms with Crippen molar-refractivity contribution in [2.24, 2.45) is 0 Å². The molecule has 2 atom stereocenters. The molecular formula is C22H23ClF2N2O5. The Hall–Kier alpha value is -3.17. The van der Waals surface area contributed by atoms with Gasteiger partial charge in [0.25, 0.3) is 11.8 Å². The van der Waals surface area contributed by atoms with Gasteiger partial charge in [0.05, 0.1) is 11.1 Å². The van der Waals surface area contributed by atoms with Crippen molar-refractivity contribution in [2.45, 2.75) is 18.6 Å². The molecule has 172 valence electrons. The second kappa shape index (κ2) is 12.6. The van der Waals surface area contributed by atoms with Crippen molar-refractivity contribution in [1.82, 2.24) is 10.6 Å². The quantitative estimate of drug-likeness (QED) is 0.416. The summed E-state index contributed by atoms with van der Waals surface area (Å²) < 4.78 is 36.6. The van der Waals surface area contributed by atoms with E-state index in [2.05, 4.69) is 17.2 Å². The van der Waals surface area contributed by atoms with Gasteiger partial charge < -0.3 is 25.2 Å². The Morgan fingerprint density at radius 3 is 2.34 bits per heavy atom. The second-order valence-electron chi connectivity index (χ2n) is 6.71. The topological polar surface area (TPSA) is 96.9 Å². The summed E-state index contributed by atoms with van der Waals surface area (Å²) in [5.41, 5.74) is 0. The van der Waals surface area contributed by atoms with Crippen LogP contribution in [-0.2, 0) is 9.59 Å². The lowest BCUT2D eigenvalue weighted by Gasteiger charge is -2.19. The highest BCUT2D eigenvalue weighted by atomic mass is 35.5. The Kier molecular flexibility index (Phi) is 9.90. The molecular weight excluding hydrogens is 446 g/mol. The summed E-state index contributed by atoms with van der Waals surface area (Å²) in [6.45, 7) is 2.84. The zero-order chi connectivity index (χ0) is 23.5. The summed E-state index contributed by atoms with van der Waals surface area (Å²) in [6.07, 6.45) is 0.558. The molecule has 32 heavy (non-hydrogen) atoms. The van der Waals surface area contributed by atoms with E-state index in [1.54, 1.807) is 0 Å². The van der Waals surface area contributed by atoms with E-state index in [4.69, 9.17) is 21.1 Å². The first-order valence-corrected chi connectivity index (χ1v) is 9.97. The molecule has 3 N–H and O–H groups in total. The normalized spacial score (nSPS) is 12.4. The van der Waals surface area contributed by atoms with Gasteiger partial charge in [-0.2, -0.15) is 0 Å². The molecule has 0 bridgehead atoms. The standard InChI is InChI=1S/C22H23ClF2N2O5/c1-2-15(27-22(30)13-31-17-5-3-14(24)4-6-17)9-16(28)11-26-21(29)12-32-18-7-8-19(23)20(25)10-18/h2-8,10,15-16,28H,1,9,11-13H2,(H,26,29)(H,27,30)/t15?,16-/m0/s1. The van der Waals surface area contributed by atoms with Gasteiger partial charge in [0.2, 0.25) is 0 Å². The zero-order valence-electron chi connectivity index (χ0n) is 17.0. The fourth-order valence-corrected chi connectivity index (χ4v) is 2.63. The van der Waals surface area contributed by atoms with Crippen LogP contribution < -0.4 is 20.1 Å². The molecule has 0 radical (unpaired) electrons. The molecule has 0 aliphatic rings. The number of aliphatic hydroxyl groups is 1. The van der Waals surface area contributed by atoms with E-state index in [0.717, 1.165) is 6.07 Å². The molecule has 2 rings (SSSR count). The first-order valence-electron chi connectivity index (χ1n) is 9.59. The van der Waals surface area contributed by atoms with Crippen LogP contribution in [0.5, 0.6) is 11.5 Å². The Bertz CT molecular complexity index is 927. The van der Waals surface area contributed by atoms with Gasteiger partial charge in [-0.3, -0.25) is 9.59 Å². The van der Waals surface area contributed by atoms with Gasteiger partial charge in [0.1, 0.15) is 23.1 Å². The minimum Gasteiger partial charge on any atom is -0.484 e. The van der Waals surface area contributed by atoms with Crippen molar-refractivity contribution in [3.8, 4) is 11.5 Å². The molecule has 0 fully saturated rings. The van der Waals surface area contributed by atoms with E-state index in [1.165, 1.54) is 42.5 Å². The van der Waals surface area contributed by atoms with Gasteiger partial charge in [-0.05, 0) is 42.8 Å². The zero-order valence-corrected chi connectivity index (χ0v) is 17.8. The molecule has 1 unspecified atom stereocenters. The van der Waals surface area contributed by atoms with E-state index in [1.807, 2.05) is 0 Å². The van der Waals surface area contributed by atoms with Gasteiger partial charge in [0.15, 0.2) is 13.2 Å². The van der Waals surface area contributed by atoms with E-state index in [0.29, 0.717) is 5.75 Å². The summed E-state index contributed by atoms with van der Waals surface area (Å²) in [4.78, 5) is 23.9. The van der Waals surface area contributed by atoms with Gasteiger partial charge in [-0.25, -0.2) is 8.78 Å². The van der Waals surface area contributed by atoms with E-state index >= 15 is 0 Å². The average Bonchev–Trinajstić information content (AvgIpc) is 2.77. The Morgan fingerprint density at radius 1 is 1.06 bits per heavy atom. The maximum atomic E-state index is 13.3. The first-order chi connectivity index (χ1) is 15.3. The first kappa shape index (κ1) is 25.1. The number of aliphatic hydroxyl groups excluding tert-OH is 1. The van der Waals surface area contributed by atoms with Gasteiger partial charge in [-0.15, -0.1) is 6.58 Å². The van der Waals surface area contributed by atoms with Crippen LogP contribution >= 0.6 is 11.6 Å². The second-order valence-corrected chi connectivity index (χ2v) is 7.12. The summed E-state index contributed by atoms with van der Waals surface area (Å²) in [7, 11) is 0. The summed E-state index contributed by atoms with van der Waals surface area (Å²) >= 11 is 5.57. The molecule has 10 heteroatoms. The average molecular weight is 469 g/mol. The van der Waals surface area contributed by atoms with Crippen LogP contribution in [0.2, 0.25) is 5.02 Å². The predicted molar refractivity (Wildman–Crippen MR) is 115 cm³/mol. The molecule has 0 heterocycles. The van der Waals surface area contributed by atoms with Crippen LogP contribution in [0.3, 0.4) is 0 Å². The maximum Gasteiger partial charge on any atom is 0.258 e. The lowest BCUT2D eigenvalue weighted by Crippen LogP contribution is -2.42. The van der Waals surface area contributed by atoms with Crippen LogP contribution in [0.15, 0.2) is 55.1 Å². The minimum absolute atomic E-state index is 0.0594. The number of ether oxygens (including phenoxy) is 2. The number of hydrogen-bond donors (Lipinski definition) is 3. The molecule has 2 amide bonds. The SMILES string of the molecule is C=CC(C[C@H](O)CNC(=O)COc1ccc(Cl)c(F)c1)NC(=O)COc1ccc(F)cc1. The van der Waals surface area contributed by atoms with Crippen LogP contribution in [0.1, 0.15) is 6.42 Å². The van der Waals surface area contributed by atoms with Crippen molar-refractivity contribution in [3.63, 3.8) is 0 Å². The minimum atomic E-state index is -0.978. The maximum absolute atomic E-state index is 13.3. The molecule has 0 aliphatic carbocycles. The molecule has 0 saturated carbocycles. The number of halogens is 3. The molecule has 0 spiro atoms. The monoisotopic (exact) mass is 468 g/mol. The molecule has 0 aromatic heterocycles. The molecule has 2 aromatic carbocycles. The Labute approximate surface area is 189 Å². The van der Waals surface area contributed by atoms with Crippen LogP contribution in [0, 0.1) is 11.6 Å². The lowest BCUT2D eigenvalue weighted by molar-refractivity contribution is -0.124. The fraction of sp³-hybridized carbons (Fsp3) is 0.273. The number of carbonyl (C=O) groups excluding carboxylic acids is 2. The van der Waals surface area contributed by atoms with E-state index in [-0.39, 0.29) is 37.0 Å². The lowest BCUT2D eigenvalue weighted by atomic mass is 10.1. The van der Waals surface area contributed by atoms with Crippen molar-refractivity contribution >= 4 is 23.4 Å². The highest BCUT2D eigenvalue weighted by Crippen LogP contribution is 2.20.